The highest BCUT2D eigenvalue weighted by Crippen LogP contribution is 2.39. The maximum Gasteiger partial charge on any atom is 0.181 e. The number of hydrogen-bond donors (Lipinski definition) is 0. The summed E-state index contributed by atoms with van der Waals surface area (Å²) in [5.74, 6) is 3.33. The Morgan fingerprint density at radius 2 is 1.79 bits per heavy atom. The van der Waals surface area contributed by atoms with E-state index in [0.717, 1.165) is 33.7 Å². The second kappa shape index (κ2) is 5.67. The normalized spacial score (nSPS) is 15.7. The van der Waals surface area contributed by atoms with E-state index in [1.807, 2.05) is 55.5 Å². The summed E-state index contributed by atoms with van der Waals surface area (Å²) >= 11 is 6.02. The van der Waals surface area contributed by atoms with Gasteiger partial charge in [0.2, 0.25) is 0 Å². The summed E-state index contributed by atoms with van der Waals surface area (Å²) in [6, 6.07) is 15.1. The van der Waals surface area contributed by atoms with E-state index in [-0.39, 0.29) is 0 Å². The Bertz CT molecular complexity index is 993. The highest BCUT2D eigenvalue weighted by molar-refractivity contribution is 6.30. The number of hydrogen-bond acceptors (Lipinski definition) is 3. The number of fused-ring (bicyclic) bond motifs is 3. The monoisotopic (exact) mass is 332 g/mol. The maximum absolute atomic E-state index is 6.02. The maximum atomic E-state index is 6.02. The minimum Gasteiger partial charge on any atom is -0.357 e. The largest absolute Gasteiger partial charge is 0.357 e. The fraction of sp³-hybridized carbons (Fsp3) is 0.100. The van der Waals surface area contributed by atoms with Gasteiger partial charge in [0.15, 0.2) is 11.8 Å². The van der Waals surface area contributed by atoms with Gasteiger partial charge in [0.1, 0.15) is 0 Å². The molecule has 0 spiro atoms. The second-order valence-electron chi connectivity index (χ2n) is 5.61. The fourth-order valence-electron chi connectivity index (χ4n) is 3.02. The molecule has 1 aromatic heterocycles. The van der Waals surface area contributed by atoms with E-state index in [9.17, 15) is 0 Å². The predicted octanol–water partition coefficient (Wildman–Crippen LogP) is 4.83. The van der Waals surface area contributed by atoms with Gasteiger partial charge in [0, 0.05) is 16.1 Å². The van der Waals surface area contributed by atoms with Crippen molar-refractivity contribution in [2.45, 2.75) is 13.0 Å². The van der Waals surface area contributed by atoms with Crippen molar-refractivity contribution in [1.82, 2.24) is 5.16 Å². The molecule has 1 unspecified atom stereocenters. The molecule has 0 saturated carbocycles. The van der Waals surface area contributed by atoms with Crippen LogP contribution in [0.1, 0.15) is 28.6 Å². The van der Waals surface area contributed by atoms with Crippen LogP contribution < -0.4 is 0 Å². The zero-order valence-electron chi connectivity index (χ0n) is 13.0. The number of aliphatic imine (C=N–C) groups is 1. The lowest BCUT2D eigenvalue weighted by Gasteiger charge is -2.10. The number of aromatic nitrogens is 1. The van der Waals surface area contributed by atoms with Crippen molar-refractivity contribution >= 4 is 17.3 Å². The third-order valence-electron chi connectivity index (χ3n) is 4.12. The summed E-state index contributed by atoms with van der Waals surface area (Å²) in [6.45, 7) is 1.92. The molecule has 3 nitrogen and oxygen atoms in total. The van der Waals surface area contributed by atoms with Gasteiger partial charge >= 0.3 is 0 Å². The molecule has 0 bridgehead atoms. The molecule has 3 aromatic rings. The molecule has 2 heterocycles. The molecule has 4 heteroatoms. The SMILES string of the molecule is C#CC1N=C(c2ccc(Cl)cc2)c2ccccc2-c2c(C)noc21. The molecule has 0 radical (unpaired) electrons. The summed E-state index contributed by atoms with van der Waals surface area (Å²) in [5.41, 5.74) is 5.56. The van der Waals surface area contributed by atoms with Crippen LogP contribution in [0, 0.1) is 19.3 Å². The second-order valence-corrected chi connectivity index (χ2v) is 6.04. The van der Waals surface area contributed by atoms with Crippen molar-refractivity contribution in [2.24, 2.45) is 4.99 Å². The highest BCUT2D eigenvalue weighted by atomic mass is 35.5. The van der Waals surface area contributed by atoms with Gasteiger partial charge in [-0.2, -0.15) is 0 Å². The number of terminal acetylenes is 1. The van der Waals surface area contributed by atoms with Crippen LogP contribution in [0.3, 0.4) is 0 Å². The Morgan fingerprint density at radius 1 is 1.08 bits per heavy atom. The first-order valence-corrected chi connectivity index (χ1v) is 7.92. The standard InChI is InChI=1S/C20H13ClN2O/c1-3-17-20-18(12(2)23-24-20)15-6-4-5-7-16(15)19(22-17)13-8-10-14(21)11-9-13/h1,4-11,17H,2H3. The molecule has 24 heavy (non-hydrogen) atoms. The van der Waals surface area contributed by atoms with E-state index in [2.05, 4.69) is 11.1 Å². The van der Waals surface area contributed by atoms with Crippen LogP contribution in [0.15, 0.2) is 58.0 Å². The number of nitrogens with zero attached hydrogens (tertiary/aromatic N) is 2. The van der Waals surface area contributed by atoms with Gasteiger partial charge in [0.25, 0.3) is 0 Å². The van der Waals surface area contributed by atoms with Crippen molar-refractivity contribution < 1.29 is 4.52 Å². The molecule has 116 valence electrons. The van der Waals surface area contributed by atoms with Gasteiger partial charge in [-0.1, -0.05) is 59.1 Å². The van der Waals surface area contributed by atoms with Crippen LogP contribution in [0.2, 0.25) is 5.02 Å². The van der Waals surface area contributed by atoms with Crippen molar-refractivity contribution in [2.75, 3.05) is 0 Å². The topological polar surface area (TPSA) is 38.4 Å². The van der Waals surface area contributed by atoms with Crippen LogP contribution in [0.4, 0.5) is 0 Å². The Balaban J connectivity index is 2.03. The number of aryl methyl sites for hydroxylation is 1. The molecule has 0 saturated heterocycles. The molecule has 2 aromatic carbocycles. The first-order valence-electron chi connectivity index (χ1n) is 7.55. The molecular weight excluding hydrogens is 320 g/mol. The van der Waals surface area contributed by atoms with E-state index < -0.39 is 6.04 Å². The zero-order chi connectivity index (χ0) is 16.7. The smallest absolute Gasteiger partial charge is 0.181 e. The first kappa shape index (κ1) is 14.7. The van der Waals surface area contributed by atoms with Crippen molar-refractivity contribution in [3.8, 4) is 23.5 Å². The van der Waals surface area contributed by atoms with E-state index in [0.29, 0.717) is 10.8 Å². The summed E-state index contributed by atoms with van der Waals surface area (Å²) < 4.78 is 5.51. The number of halogens is 1. The molecule has 0 N–H and O–H groups in total. The van der Waals surface area contributed by atoms with E-state index >= 15 is 0 Å². The lowest BCUT2D eigenvalue weighted by Crippen LogP contribution is -2.05. The first-order chi connectivity index (χ1) is 11.7. The van der Waals surface area contributed by atoms with Gasteiger partial charge < -0.3 is 4.52 Å². The predicted molar refractivity (Wildman–Crippen MR) is 95.3 cm³/mol. The quantitative estimate of drug-likeness (QED) is 0.599. The number of benzene rings is 2. The van der Waals surface area contributed by atoms with Gasteiger partial charge in [-0.15, -0.1) is 6.42 Å². The van der Waals surface area contributed by atoms with Crippen molar-refractivity contribution in [3.05, 3.63) is 76.1 Å². The fourth-order valence-corrected chi connectivity index (χ4v) is 3.14. The Labute approximate surface area is 145 Å². The average molecular weight is 333 g/mol. The third-order valence-corrected chi connectivity index (χ3v) is 4.37. The molecule has 4 rings (SSSR count). The molecule has 0 fully saturated rings. The van der Waals surface area contributed by atoms with Crippen molar-refractivity contribution in [3.63, 3.8) is 0 Å². The molecule has 1 atom stereocenters. The van der Waals surface area contributed by atoms with Gasteiger partial charge in [-0.25, -0.2) is 0 Å². The number of rotatable bonds is 1. The Morgan fingerprint density at radius 3 is 2.50 bits per heavy atom. The summed E-state index contributed by atoms with van der Waals surface area (Å²) in [5, 5.41) is 4.77. The highest BCUT2D eigenvalue weighted by Gasteiger charge is 2.28. The van der Waals surface area contributed by atoms with Crippen LogP contribution >= 0.6 is 11.6 Å². The summed E-state index contributed by atoms with van der Waals surface area (Å²) in [4.78, 5) is 4.79. The molecule has 1 aliphatic rings. The average Bonchev–Trinajstić information content (AvgIpc) is 2.91. The van der Waals surface area contributed by atoms with Crippen LogP contribution in [0.25, 0.3) is 11.1 Å². The lowest BCUT2D eigenvalue weighted by atomic mass is 9.93. The van der Waals surface area contributed by atoms with Crippen LogP contribution in [-0.4, -0.2) is 10.9 Å². The molecular formula is C20H13ClN2O. The Hall–Kier alpha value is -2.83. The molecule has 0 aliphatic carbocycles. The van der Waals surface area contributed by atoms with Gasteiger partial charge in [-0.05, 0) is 24.6 Å². The van der Waals surface area contributed by atoms with E-state index in [1.54, 1.807) is 0 Å². The van der Waals surface area contributed by atoms with Crippen molar-refractivity contribution in [1.29, 1.82) is 0 Å². The Kier molecular flexibility index (Phi) is 3.48. The van der Waals surface area contributed by atoms with E-state index in [4.69, 9.17) is 27.5 Å². The van der Waals surface area contributed by atoms with E-state index in [1.165, 1.54) is 0 Å². The molecule has 1 aliphatic heterocycles. The minimum absolute atomic E-state index is 0.515. The summed E-state index contributed by atoms with van der Waals surface area (Å²) in [6.07, 6.45) is 5.73. The summed E-state index contributed by atoms with van der Waals surface area (Å²) in [7, 11) is 0. The minimum atomic E-state index is -0.515. The van der Waals surface area contributed by atoms with Gasteiger partial charge in [0.05, 0.1) is 17.0 Å². The van der Waals surface area contributed by atoms with Gasteiger partial charge in [-0.3, -0.25) is 4.99 Å². The lowest BCUT2D eigenvalue weighted by molar-refractivity contribution is 0.374. The zero-order valence-corrected chi connectivity index (χ0v) is 13.7. The van der Waals surface area contributed by atoms with Crippen LogP contribution in [-0.2, 0) is 0 Å². The van der Waals surface area contributed by atoms with Crippen LogP contribution in [0.5, 0.6) is 0 Å². The third kappa shape index (κ3) is 2.24. The molecule has 0 amide bonds.